The molecule has 2 rings (SSSR count). The van der Waals surface area contributed by atoms with E-state index >= 15 is 0 Å². The predicted octanol–water partition coefficient (Wildman–Crippen LogP) is 4.05. The molecule has 0 radical (unpaired) electrons. The van der Waals surface area contributed by atoms with Crippen LogP contribution in [0.2, 0.25) is 0 Å². The first-order valence-electron chi connectivity index (χ1n) is 8.22. The van der Waals surface area contributed by atoms with Crippen LogP contribution in [0.3, 0.4) is 0 Å². The molecule has 0 bridgehead atoms. The zero-order valence-electron chi connectivity index (χ0n) is 12.8. The summed E-state index contributed by atoms with van der Waals surface area (Å²) in [5, 5.41) is 0. The number of alkyl halides is 3. The Hall–Kier alpha value is -0.580. The summed E-state index contributed by atoms with van der Waals surface area (Å²) < 4.78 is 38.0. The monoisotopic (exact) mass is 305 g/mol. The minimum absolute atomic E-state index is 0.0535. The van der Waals surface area contributed by atoms with E-state index in [1.165, 1.54) is 6.42 Å². The maximum absolute atomic E-state index is 12.7. The average Bonchev–Trinajstić information content (AvgIpc) is 2.42. The lowest BCUT2D eigenvalue weighted by Gasteiger charge is -2.36. The molecule has 2 aliphatic rings. The normalized spacial score (nSPS) is 29.8. The van der Waals surface area contributed by atoms with Crippen molar-refractivity contribution in [2.75, 3.05) is 19.6 Å². The van der Waals surface area contributed by atoms with Gasteiger partial charge in [0.05, 0.1) is 5.92 Å². The first-order chi connectivity index (χ1) is 9.90. The van der Waals surface area contributed by atoms with E-state index in [1.54, 1.807) is 0 Å². The fourth-order valence-corrected chi connectivity index (χ4v) is 3.80. The standard InChI is InChI=1S/C16H26F3NO/c1-2-3-12-4-5-15(21)13(10-12)11-20-8-6-14(7-9-20)16(17,18)19/h12-14H,2-11H2,1H3. The molecular weight excluding hydrogens is 279 g/mol. The van der Waals surface area contributed by atoms with Gasteiger partial charge in [-0.15, -0.1) is 0 Å². The molecule has 5 heteroatoms. The van der Waals surface area contributed by atoms with Crippen molar-refractivity contribution in [3.63, 3.8) is 0 Å². The fourth-order valence-electron chi connectivity index (χ4n) is 3.80. The number of carbonyl (C=O) groups excluding carboxylic acids is 1. The molecule has 21 heavy (non-hydrogen) atoms. The third kappa shape index (κ3) is 4.70. The Kier molecular flexibility index (Phi) is 5.69. The van der Waals surface area contributed by atoms with Gasteiger partial charge in [-0.1, -0.05) is 19.8 Å². The molecule has 0 aromatic heterocycles. The molecule has 0 amide bonds. The Balaban J connectivity index is 1.80. The molecule has 0 spiro atoms. The Morgan fingerprint density at radius 2 is 1.86 bits per heavy atom. The van der Waals surface area contributed by atoms with Crippen molar-refractivity contribution in [1.82, 2.24) is 4.90 Å². The summed E-state index contributed by atoms with van der Waals surface area (Å²) in [5.41, 5.74) is 0. The van der Waals surface area contributed by atoms with Gasteiger partial charge in [-0.2, -0.15) is 13.2 Å². The van der Waals surface area contributed by atoms with Gasteiger partial charge in [0.1, 0.15) is 5.78 Å². The van der Waals surface area contributed by atoms with E-state index in [0.29, 0.717) is 37.8 Å². The van der Waals surface area contributed by atoms with Crippen LogP contribution in [0.5, 0.6) is 0 Å². The molecular formula is C16H26F3NO. The number of nitrogens with zero attached hydrogens (tertiary/aromatic N) is 1. The maximum atomic E-state index is 12.7. The SMILES string of the molecule is CCCC1CCC(=O)C(CN2CCC(C(F)(F)F)CC2)C1. The summed E-state index contributed by atoms with van der Waals surface area (Å²) in [7, 11) is 0. The van der Waals surface area contributed by atoms with E-state index in [9.17, 15) is 18.0 Å². The number of hydrogen-bond acceptors (Lipinski definition) is 2. The van der Waals surface area contributed by atoms with Crippen LogP contribution in [0.25, 0.3) is 0 Å². The van der Waals surface area contributed by atoms with Crippen LogP contribution in [-0.4, -0.2) is 36.5 Å². The Bertz CT molecular complexity index is 348. The van der Waals surface area contributed by atoms with Gasteiger partial charge in [-0.3, -0.25) is 4.79 Å². The van der Waals surface area contributed by atoms with E-state index in [4.69, 9.17) is 0 Å². The van der Waals surface area contributed by atoms with Crippen LogP contribution in [-0.2, 0) is 4.79 Å². The lowest BCUT2D eigenvalue weighted by Crippen LogP contribution is -2.43. The number of Topliss-reactive ketones (excluding diaryl/α,β-unsaturated/α-hetero) is 1. The Morgan fingerprint density at radius 3 is 2.43 bits per heavy atom. The summed E-state index contributed by atoms with van der Waals surface area (Å²) >= 11 is 0. The van der Waals surface area contributed by atoms with Crippen molar-refractivity contribution >= 4 is 5.78 Å². The summed E-state index contributed by atoms with van der Waals surface area (Å²) in [4.78, 5) is 14.1. The Labute approximate surface area is 125 Å². The molecule has 2 atom stereocenters. The molecule has 1 saturated carbocycles. The van der Waals surface area contributed by atoms with Crippen LogP contribution in [0.15, 0.2) is 0 Å². The lowest BCUT2D eigenvalue weighted by atomic mass is 9.78. The van der Waals surface area contributed by atoms with Gasteiger partial charge in [0.25, 0.3) is 0 Å². The van der Waals surface area contributed by atoms with Gasteiger partial charge in [0.15, 0.2) is 0 Å². The Morgan fingerprint density at radius 1 is 1.19 bits per heavy atom. The van der Waals surface area contributed by atoms with Crippen LogP contribution in [0.4, 0.5) is 13.2 Å². The van der Waals surface area contributed by atoms with Crippen molar-refractivity contribution in [2.45, 2.75) is 58.0 Å². The highest BCUT2D eigenvalue weighted by Gasteiger charge is 2.41. The fraction of sp³-hybridized carbons (Fsp3) is 0.938. The van der Waals surface area contributed by atoms with Crippen LogP contribution >= 0.6 is 0 Å². The quantitative estimate of drug-likeness (QED) is 0.781. The van der Waals surface area contributed by atoms with E-state index in [0.717, 1.165) is 19.3 Å². The highest BCUT2D eigenvalue weighted by molar-refractivity contribution is 5.81. The van der Waals surface area contributed by atoms with Gasteiger partial charge >= 0.3 is 6.18 Å². The number of halogens is 3. The highest BCUT2D eigenvalue weighted by atomic mass is 19.4. The van der Waals surface area contributed by atoms with E-state index < -0.39 is 12.1 Å². The largest absolute Gasteiger partial charge is 0.391 e. The van der Waals surface area contributed by atoms with Gasteiger partial charge in [0.2, 0.25) is 0 Å². The van der Waals surface area contributed by atoms with E-state index in [2.05, 4.69) is 11.8 Å². The van der Waals surface area contributed by atoms with Crippen LogP contribution in [0, 0.1) is 17.8 Å². The first-order valence-corrected chi connectivity index (χ1v) is 8.22. The maximum Gasteiger partial charge on any atom is 0.391 e. The third-order valence-electron chi connectivity index (χ3n) is 5.10. The molecule has 0 N–H and O–H groups in total. The van der Waals surface area contributed by atoms with Crippen molar-refractivity contribution in [1.29, 1.82) is 0 Å². The molecule has 1 saturated heterocycles. The summed E-state index contributed by atoms with van der Waals surface area (Å²) in [6, 6.07) is 0. The molecule has 122 valence electrons. The molecule has 0 aromatic rings. The van der Waals surface area contributed by atoms with Gasteiger partial charge in [-0.05, 0) is 44.7 Å². The molecule has 1 heterocycles. The lowest BCUT2D eigenvalue weighted by molar-refractivity contribution is -0.185. The molecule has 2 nitrogen and oxygen atoms in total. The van der Waals surface area contributed by atoms with Gasteiger partial charge in [-0.25, -0.2) is 0 Å². The second kappa shape index (κ2) is 7.12. The minimum atomic E-state index is -4.06. The number of hydrogen-bond donors (Lipinski definition) is 0. The number of ketones is 1. The number of piperidine rings is 1. The van der Waals surface area contributed by atoms with Crippen molar-refractivity contribution in [3.8, 4) is 0 Å². The topological polar surface area (TPSA) is 20.3 Å². The smallest absolute Gasteiger partial charge is 0.303 e. The van der Waals surface area contributed by atoms with E-state index in [-0.39, 0.29) is 18.8 Å². The second-order valence-electron chi connectivity index (χ2n) is 6.71. The third-order valence-corrected chi connectivity index (χ3v) is 5.10. The number of likely N-dealkylation sites (tertiary alicyclic amines) is 1. The van der Waals surface area contributed by atoms with Gasteiger partial charge in [0, 0.05) is 18.9 Å². The molecule has 0 aromatic carbocycles. The second-order valence-corrected chi connectivity index (χ2v) is 6.71. The van der Waals surface area contributed by atoms with Crippen LogP contribution < -0.4 is 0 Å². The molecule has 2 unspecified atom stereocenters. The van der Waals surface area contributed by atoms with Crippen LogP contribution in [0.1, 0.15) is 51.9 Å². The zero-order chi connectivity index (χ0) is 15.5. The predicted molar refractivity (Wildman–Crippen MR) is 76.0 cm³/mol. The average molecular weight is 305 g/mol. The van der Waals surface area contributed by atoms with E-state index in [1.807, 2.05) is 0 Å². The highest BCUT2D eigenvalue weighted by Crippen LogP contribution is 2.35. The summed E-state index contributed by atoms with van der Waals surface area (Å²) in [6.07, 6.45) is 1.21. The van der Waals surface area contributed by atoms with Crippen molar-refractivity contribution < 1.29 is 18.0 Å². The summed E-state index contributed by atoms with van der Waals surface area (Å²) in [6.45, 7) is 3.79. The van der Waals surface area contributed by atoms with Crippen molar-refractivity contribution in [2.24, 2.45) is 17.8 Å². The zero-order valence-corrected chi connectivity index (χ0v) is 12.8. The van der Waals surface area contributed by atoms with Gasteiger partial charge < -0.3 is 4.90 Å². The molecule has 2 fully saturated rings. The number of carbonyl (C=O) groups is 1. The number of rotatable bonds is 4. The molecule has 1 aliphatic carbocycles. The molecule has 1 aliphatic heterocycles. The first kappa shape index (κ1) is 16.8. The van der Waals surface area contributed by atoms with Crippen molar-refractivity contribution in [3.05, 3.63) is 0 Å². The minimum Gasteiger partial charge on any atom is -0.303 e. The summed E-state index contributed by atoms with van der Waals surface area (Å²) in [5.74, 6) is -0.146.